The lowest BCUT2D eigenvalue weighted by Crippen LogP contribution is -2.15. The van der Waals surface area contributed by atoms with E-state index in [-0.39, 0.29) is 0 Å². The maximum atomic E-state index is 2.36. The van der Waals surface area contributed by atoms with Crippen molar-refractivity contribution in [2.24, 2.45) is 17.8 Å². The molecule has 0 saturated carbocycles. The molecule has 0 aliphatic rings. The highest BCUT2D eigenvalue weighted by molar-refractivity contribution is 4.69. The summed E-state index contributed by atoms with van der Waals surface area (Å²) in [5.41, 5.74) is 0. The maximum Gasteiger partial charge on any atom is -0.0384 e. The highest BCUT2D eigenvalue weighted by Crippen LogP contribution is 2.30. The zero-order valence-electron chi connectivity index (χ0n) is 11.0. The van der Waals surface area contributed by atoms with Crippen LogP contribution in [-0.2, 0) is 0 Å². The number of rotatable bonds is 8. The largest absolute Gasteiger partial charge is 0.0654 e. The zero-order valence-corrected chi connectivity index (χ0v) is 11.0. The van der Waals surface area contributed by atoms with Crippen LogP contribution < -0.4 is 0 Å². The van der Waals surface area contributed by atoms with Crippen molar-refractivity contribution in [3.05, 3.63) is 0 Å². The van der Waals surface area contributed by atoms with Gasteiger partial charge in [-0.05, 0) is 24.2 Å². The van der Waals surface area contributed by atoms with E-state index in [1.54, 1.807) is 0 Å². The van der Waals surface area contributed by atoms with Gasteiger partial charge in [0, 0.05) is 0 Å². The van der Waals surface area contributed by atoms with Crippen LogP contribution in [-0.4, -0.2) is 0 Å². The van der Waals surface area contributed by atoms with Crippen molar-refractivity contribution in [1.29, 1.82) is 0 Å². The van der Waals surface area contributed by atoms with Gasteiger partial charge >= 0.3 is 0 Å². The summed E-state index contributed by atoms with van der Waals surface area (Å²) in [7, 11) is 0. The predicted octanol–water partition coefficient (Wildman–Crippen LogP) is 5.28. The SMILES string of the molecule is CCCCC(CC(C)C)C(CC)CC. The van der Waals surface area contributed by atoms with Crippen LogP contribution in [0, 0.1) is 17.8 Å². The molecule has 0 aliphatic heterocycles. The molecule has 0 N–H and O–H groups in total. The summed E-state index contributed by atoms with van der Waals surface area (Å²) >= 11 is 0. The van der Waals surface area contributed by atoms with Gasteiger partial charge in [-0.15, -0.1) is 0 Å². The van der Waals surface area contributed by atoms with Crippen molar-refractivity contribution in [1.82, 2.24) is 0 Å². The number of hydrogen-bond acceptors (Lipinski definition) is 0. The van der Waals surface area contributed by atoms with Crippen molar-refractivity contribution >= 4 is 0 Å². The second kappa shape index (κ2) is 8.32. The molecule has 0 heteroatoms. The zero-order chi connectivity index (χ0) is 11.0. The average molecular weight is 198 g/mol. The van der Waals surface area contributed by atoms with Gasteiger partial charge < -0.3 is 0 Å². The molecular weight excluding hydrogens is 168 g/mol. The summed E-state index contributed by atoms with van der Waals surface area (Å²) in [5.74, 6) is 2.84. The molecular formula is C14H30. The van der Waals surface area contributed by atoms with E-state index in [4.69, 9.17) is 0 Å². The van der Waals surface area contributed by atoms with Gasteiger partial charge in [0.15, 0.2) is 0 Å². The Hall–Kier alpha value is 0. The van der Waals surface area contributed by atoms with Crippen LogP contribution in [0.5, 0.6) is 0 Å². The van der Waals surface area contributed by atoms with Gasteiger partial charge in [-0.2, -0.15) is 0 Å². The number of hydrogen-bond donors (Lipinski definition) is 0. The van der Waals surface area contributed by atoms with Crippen LogP contribution in [0.15, 0.2) is 0 Å². The first-order valence-corrected chi connectivity index (χ1v) is 6.65. The Morgan fingerprint density at radius 3 is 1.79 bits per heavy atom. The predicted molar refractivity (Wildman–Crippen MR) is 66.5 cm³/mol. The van der Waals surface area contributed by atoms with Crippen molar-refractivity contribution in [2.45, 2.75) is 73.1 Å². The van der Waals surface area contributed by atoms with Crippen molar-refractivity contribution in [3.8, 4) is 0 Å². The molecule has 86 valence electrons. The first-order valence-electron chi connectivity index (χ1n) is 6.65. The molecule has 0 aliphatic carbocycles. The molecule has 0 radical (unpaired) electrons. The van der Waals surface area contributed by atoms with Crippen LogP contribution in [0.1, 0.15) is 73.1 Å². The van der Waals surface area contributed by atoms with Gasteiger partial charge in [0.05, 0.1) is 0 Å². The summed E-state index contributed by atoms with van der Waals surface area (Å²) < 4.78 is 0. The Labute approximate surface area is 91.5 Å². The molecule has 0 aromatic carbocycles. The fraction of sp³-hybridized carbons (Fsp3) is 1.00. The van der Waals surface area contributed by atoms with E-state index in [2.05, 4.69) is 34.6 Å². The molecule has 0 nitrogen and oxygen atoms in total. The maximum absolute atomic E-state index is 2.36. The molecule has 0 spiro atoms. The Morgan fingerprint density at radius 1 is 0.857 bits per heavy atom. The topological polar surface area (TPSA) is 0 Å². The minimum absolute atomic E-state index is 0.873. The van der Waals surface area contributed by atoms with Crippen LogP contribution in [0.25, 0.3) is 0 Å². The Balaban J connectivity index is 4.06. The van der Waals surface area contributed by atoms with E-state index in [9.17, 15) is 0 Å². The van der Waals surface area contributed by atoms with Gasteiger partial charge in [0.2, 0.25) is 0 Å². The van der Waals surface area contributed by atoms with E-state index in [0.717, 1.165) is 17.8 Å². The van der Waals surface area contributed by atoms with Gasteiger partial charge in [0.1, 0.15) is 0 Å². The molecule has 0 rings (SSSR count). The molecule has 0 saturated heterocycles. The van der Waals surface area contributed by atoms with Crippen LogP contribution in [0.2, 0.25) is 0 Å². The molecule has 0 aromatic heterocycles. The lowest BCUT2D eigenvalue weighted by Gasteiger charge is -2.26. The van der Waals surface area contributed by atoms with E-state index >= 15 is 0 Å². The first kappa shape index (κ1) is 14.0. The molecule has 0 bridgehead atoms. The minimum atomic E-state index is 0.873. The lowest BCUT2D eigenvalue weighted by molar-refractivity contribution is 0.246. The minimum Gasteiger partial charge on any atom is -0.0654 e. The molecule has 0 fully saturated rings. The van der Waals surface area contributed by atoms with Crippen LogP contribution in [0.3, 0.4) is 0 Å². The highest BCUT2D eigenvalue weighted by Gasteiger charge is 2.18. The monoisotopic (exact) mass is 198 g/mol. The van der Waals surface area contributed by atoms with Crippen LogP contribution >= 0.6 is 0 Å². The van der Waals surface area contributed by atoms with Crippen molar-refractivity contribution in [2.75, 3.05) is 0 Å². The van der Waals surface area contributed by atoms with Gasteiger partial charge in [0.25, 0.3) is 0 Å². The van der Waals surface area contributed by atoms with E-state index in [1.807, 2.05) is 0 Å². The fourth-order valence-electron chi connectivity index (χ4n) is 2.57. The Bertz CT molecular complexity index is 111. The van der Waals surface area contributed by atoms with Crippen LogP contribution in [0.4, 0.5) is 0 Å². The third-order valence-electron chi connectivity index (χ3n) is 3.42. The second-order valence-corrected chi connectivity index (χ2v) is 5.11. The summed E-state index contributed by atoms with van der Waals surface area (Å²) in [5, 5.41) is 0. The first-order chi connectivity index (χ1) is 6.65. The van der Waals surface area contributed by atoms with E-state index < -0.39 is 0 Å². The van der Waals surface area contributed by atoms with Gasteiger partial charge in [-0.3, -0.25) is 0 Å². The third-order valence-corrected chi connectivity index (χ3v) is 3.42. The quantitative estimate of drug-likeness (QED) is 0.498. The molecule has 1 atom stereocenters. The average Bonchev–Trinajstić information content (AvgIpc) is 2.15. The second-order valence-electron chi connectivity index (χ2n) is 5.11. The molecule has 1 unspecified atom stereocenters. The summed E-state index contributed by atoms with van der Waals surface area (Å²) in [4.78, 5) is 0. The molecule has 0 aromatic rings. The van der Waals surface area contributed by atoms with Crippen molar-refractivity contribution < 1.29 is 0 Å². The normalized spacial score (nSPS) is 13.9. The molecule has 0 heterocycles. The summed E-state index contributed by atoms with van der Waals surface area (Å²) in [6.45, 7) is 11.7. The van der Waals surface area contributed by atoms with Gasteiger partial charge in [-0.25, -0.2) is 0 Å². The van der Waals surface area contributed by atoms with Gasteiger partial charge in [-0.1, -0.05) is 66.7 Å². The lowest BCUT2D eigenvalue weighted by atomic mass is 9.79. The number of unbranched alkanes of at least 4 members (excludes halogenated alkanes) is 1. The third kappa shape index (κ3) is 5.67. The smallest absolute Gasteiger partial charge is 0.0384 e. The van der Waals surface area contributed by atoms with E-state index in [0.29, 0.717) is 0 Å². The molecule has 14 heavy (non-hydrogen) atoms. The standard InChI is InChI=1S/C14H30/c1-6-9-10-14(11-12(4)5)13(7-2)8-3/h12-14H,6-11H2,1-5H3. The van der Waals surface area contributed by atoms with E-state index in [1.165, 1.54) is 38.5 Å². The highest BCUT2D eigenvalue weighted by atomic mass is 14.2. The summed E-state index contributed by atoms with van der Waals surface area (Å²) in [6, 6.07) is 0. The Morgan fingerprint density at radius 2 is 1.43 bits per heavy atom. The van der Waals surface area contributed by atoms with Crippen molar-refractivity contribution in [3.63, 3.8) is 0 Å². The Kier molecular flexibility index (Phi) is 8.32. The fourth-order valence-corrected chi connectivity index (χ4v) is 2.57. The summed E-state index contributed by atoms with van der Waals surface area (Å²) in [6.07, 6.45) is 8.42. The molecule has 0 amide bonds.